The van der Waals surface area contributed by atoms with Gasteiger partial charge in [-0.3, -0.25) is 14.4 Å². The molecule has 20 heavy (non-hydrogen) atoms. The minimum absolute atomic E-state index is 0.0649. The van der Waals surface area contributed by atoms with Crippen LogP contribution < -0.4 is 17.2 Å². The van der Waals surface area contributed by atoms with Gasteiger partial charge in [0.2, 0.25) is 0 Å². The number of H-pyrrole nitrogens is 1. The molecular weight excluding hydrogens is 284 g/mol. The molecule has 1 aromatic heterocycles. The molecule has 1 heterocycles. The molecule has 9 heteroatoms. The summed E-state index contributed by atoms with van der Waals surface area (Å²) >= 11 is 0.980. The number of aromatic amines is 1. The lowest BCUT2D eigenvalue weighted by Gasteiger charge is -2.09. The van der Waals surface area contributed by atoms with E-state index in [-0.39, 0.29) is 28.6 Å². The number of amides is 2. The molecule has 0 aromatic carbocycles. The average Bonchev–Trinajstić information content (AvgIpc) is 2.66. The van der Waals surface area contributed by atoms with Crippen LogP contribution in [0.15, 0.2) is 5.03 Å². The number of anilines is 1. The van der Waals surface area contributed by atoms with Gasteiger partial charge in [0.15, 0.2) is 0 Å². The maximum absolute atomic E-state index is 11.6. The van der Waals surface area contributed by atoms with Crippen LogP contribution in [0.5, 0.6) is 0 Å². The topological polar surface area (TPSA) is 154 Å². The first-order valence-electron chi connectivity index (χ1n) is 5.73. The maximum atomic E-state index is 11.6. The van der Waals surface area contributed by atoms with E-state index in [1.165, 1.54) is 0 Å². The van der Waals surface area contributed by atoms with Gasteiger partial charge in [-0.15, -0.1) is 0 Å². The number of nitrogens with one attached hydrogen (secondary N) is 1. The summed E-state index contributed by atoms with van der Waals surface area (Å²) in [4.78, 5) is 36.9. The maximum Gasteiger partial charge on any atom is 0.319 e. The van der Waals surface area contributed by atoms with E-state index in [9.17, 15) is 14.4 Å². The Kier molecular flexibility index (Phi) is 5.03. The van der Waals surface area contributed by atoms with Crippen LogP contribution >= 0.6 is 11.8 Å². The average molecular weight is 300 g/mol. The first-order chi connectivity index (χ1) is 9.29. The zero-order chi connectivity index (χ0) is 15.4. The van der Waals surface area contributed by atoms with Gasteiger partial charge < -0.3 is 26.9 Å². The third kappa shape index (κ3) is 3.23. The van der Waals surface area contributed by atoms with E-state index in [1.807, 2.05) is 0 Å². The van der Waals surface area contributed by atoms with E-state index >= 15 is 0 Å². The number of hydrogen-bond acceptors (Lipinski definition) is 6. The molecule has 0 radical (unpaired) electrons. The summed E-state index contributed by atoms with van der Waals surface area (Å²) in [5.41, 5.74) is 15.7. The van der Waals surface area contributed by atoms with Crippen molar-refractivity contribution in [2.45, 2.75) is 24.1 Å². The van der Waals surface area contributed by atoms with Crippen LogP contribution in [-0.4, -0.2) is 34.6 Å². The van der Waals surface area contributed by atoms with Gasteiger partial charge in [-0.2, -0.15) is 0 Å². The lowest BCUT2D eigenvalue weighted by atomic mass is 10.1. The predicted octanol–water partition coefficient (Wildman–Crippen LogP) is -0.162. The first kappa shape index (κ1) is 15.9. The number of hydrogen-bond donors (Lipinski definition) is 4. The van der Waals surface area contributed by atoms with Gasteiger partial charge in [0.25, 0.3) is 11.8 Å². The number of nitrogens with two attached hydrogens (primary N) is 3. The van der Waals surface area contributed by atoms with Gasteiger partial charge >= 0.3 is 5.97 Å². The molecule has 0 spiro atoms. The Bertz CT molecular complexity index is 555. The SMILES string of the molecule is CCOC(=O)C(C)Sc1[nH]c(N)c(C(N)=O)c1C(N)=O. The van der Waals surface area contributed by atoms with E-state index in [4.69, 9.17) is 21.9 Å². The molecular formula is C11H16N4O4S. The largest absolute Gasteiger partial charge is 0.465 e. The van der Waals surface area contributed by atoms with Crippen molar-refractivity contribution in [2.75, 3.05) is 12.3 Å². The number of thioether (sulfide) groups is 1. The van der Waals surface area contributed by atoms with Crippen LogP contribution in [0.4, 0.5) is 5.82 Å². The molecule has 0 aliphatic rings. The first-order valence-corrected chi connectivity index (χ1v) is 6.61. The van der Waals surface area contributed by atoms with E-state index in [2.05, 4.69) is 4.98 Å². The van der Waals surface area contributed by atoms with Gasteiger partial charge in [0.1, 0.15) is 11.1 Å². The van der Waals surface area contributed by atoms with Crippen LogP contribution in [0, 0.1) is 0 Å². The van der Waals surface area contributed by atoms with Crippen molar-refractivity contribution in [2.24, 2.45) is 11.5 Å². The van der Waals surface area contributed by atoms with Crippen molar-refractivity contribution in [1.82, 2.24) is 4.98 Å². The summed E-state index contributed by atoms with van der Waals surface area (Å²) in [6, 6.07) is 0. The van der Waals surface area contributed by atoms with E-state index < -0.39 is 23.0 Å². The normalized spacial score (nSPS) is 11.9. The predicted molar refractivity (Wildman–Crippen MR) is 74.2 cm³/mol. The summed E-state index contributed by atoms with van der Waals surface area (Å²) < 4.78 is 4.85. The summed E-state index contributed by atoms with van der Waals surface area (Å²) in [6.45, 7) is 3.52. The molecule has 0 aliphatic carbocycles. The number of carbonyl (C=O) groups is 3. The van der Waals surface area contributed by atoms with Gasteiger partial charge in [-0.25, -0.2) is 0 Å². The van der Waals surface area contributed by atoms with Gasteiger partial charge in [-0.1, -0.05) is 11.8 Å². The molecule has 0 aliphatic heterocycles. The minimum atomic E-state index is -0.872. The Hall–Kier alpha value is -2.16. The van der Waals surface area contributed by atoms with Crippen molar-refractivity contribution in [3.8, 4) is 0 Å². The Labute approximate surface area is 119 Å². The van der Waals surface area contributed by atoms with Crippen molar-refractivity contribution >= 4 is 35.4 Å². The number of ether oxygens (including phenoxy) is 1. The number of primary amides is 2. The Balaban J connectivity index is 3.13. The summed E-state index contributed by atoms with van der Waals surface area (Å²) in [5, 5.41) is -0.392. The molecule has 2 amide bonds. The molecule has 1 rings (SSSR count). The zero-order valence-corrected chi connectivity index (χ0v) is 11.9. The number of aromatic nitrogens is 1. The summed E-state index contributed by atoms with van der Waals surface area (Å²) in [5.74, 6) is -2.25. The van der Waals surface area contributed by atoms with Crippen LogP contribution in [0.2, 0.25) is 0 Å². The summed E-state index contributed by atoms with van der Waals surface area (Å²) in [6.07, 6.45) is 0. The Morgan fingerprint density at radius 2 is 1.80 bits per heavy atom. The number of rotatable bonds is 6. The van der Waals surface area contributed by atoms with Crippen molar-refractivity contribution < 1.29 is 19.1 Å². The highest BCUT2D eigenvalue weighted by molar-refractivity contribution is 8.00. The number of nitrogen functional groups attached to an aromatic ring is 1. The fraction of sp³-hybridized carbons (Fsp3) is 0.364. The highest BCUT2D eigenvalue weighted by Crippen LogP contribution is 2.31. The monoisotopic (exact) mass is 300 g/mol. The second-order valence-corrected chi connectivity index (χ2v) is 5.21. The molecule has 0 saturated carbocycles. The molecule has 110 valence electrons. The fourth-order valence-electron chi connectivity index (χ4n) is 1.56. The molecule has 0 saturated heterocycles. The van der Waals surface area contributed by atoms with Gasteiger partial charge in [-0.05, 0) is 13.8 Å². The van der Waals surface area contributed by atoms with E-state index in [0.717, 1.165) is 11.8 Å². The quantitative estimate of drug-likeness (QED) is 0.422. The van der Waals surface area contributed by atoms with Crippen LogP contribution in [0.3, 0.4) is 0 Å². The number of esters is 1. The van der Waals surface area contributed by atoms with Gasteiger partial charge in [0.05, 0.1) is 22.8 Å². The second-order valence-electron chi connectivity index (χ2n) is 3.86. The highest BCUT2D eigenvalue weighted by atomic mass is 32.2. The van der Waals surface area contributed by atoms with Crippen molar-refractivity contribution in [3.05, 3.63) is 11.1 Å². The van der Waals surface area contributed by atoms with E-state index in [1.54, 1.807) is 13.8 Å². The van der Waals surface area contributed by atoms with Crippen LogP contribution in [-0.2, 0) is 9.53 Å². The highest BCUT2D eigenvalue weighted by Gasteiger charge is 2.27. The smallest absolute Gasteiger partial charge is 0.319 e. The molecule has 1 atom stereocenters. The van der Waals surface area contributed by atoms with Gasteiger partial charge in [0, 0.05) is 0 Å². The molecule has 0 fully saturated rings. The third-order valence-electron chi connectivity index (χ3n) is 2.40. The Morgan fingerprint density at radius 3 is 2.25 bits per heavy atom. The van der Waals surface area contributed by atoms with Crippen LogP contribution in [0.1, 0.15) is 34.6 Å². The standard InChI is InChI=1S/C11H16N4O4S/c1-3-19-11(18)4(2)20-10-6(9(14)17)5(8(13)16)7(12)15-10/h4,15H,3,12H2,1-2H3,(H2,13,16)(H2,14,17). The fourth-order valence-corrected chi connectivity index (χ4v) is 2.57. The molecule has 1 aromatic rings. The lowest BCUT2D eigenvalue weighted by Crippen LogP contribution is -2.21. The van der Waals surface area contributed by atoms with Crippen molar-refractivity contribution in [1.29, 1.82) is 0 Å². The molecule has 8 nitrogen and oxygen atoms in total. The van der Waals surface area contributed by atoms with Crippen LogP contribution in [0.25, 0.3) is 0 Å². The number of carbonyl (C=O) groups excluding carboxylic acids is 3. The molecule has 1 unspecified atom stereocenters. The Morgan fingerprint density at radius 1 is 1.25 bits per heavy atom. The lowest BCUT2D eigenvalue weighted by molar-refractivity contribution is -0.142. The summed E-state index contributed by atoms with van der Waals surface area (Å²) in [7, 11) is 0. The third-order valence-corrected chi connectivity index (χ3v) is 3.49. The van der Waals surface area contributed by atoms with Crippen molar-refractivity contribution in [3.63, 3.8) is 0 Å². The van der Waals surface area contributed by atoms with E-state index in [0.29, 0.717) is 0 Å². The molecule has 7 N–H and O–H groups in total. The minimum Gasteiger partial charge on any atom is -0.465 e. The molecule has 0 bridgehead atoms. The zero-order valence-electron chi connectivity index (χ0n) is 11.1. The second kappa shape index (κ2) is 6.33.